The van der Waals surface area contributed by atoms with Crippen LogP contribution in [0, 0.1) is 0 Å². The van der Waals surface area contributed by atoms with Crippen LogP contribution in [0.3, 0.4) is 0 Å². The number of nitrogens with zero attached hydrogens (tertiary/aromatic N) is 2. The van der Waals surface area contributed by atoms with Crippen molar-refractivity contribution in [1.82, 2.24) is 9.80 Å². The number of rotatable bonds is 2. The lowest BCUT2D eigenvalue weighted by molar-refractivity contribution is -0.127. The number of benzene rings is 1. The molecule has 1 aromatic carbocycles. The van der Waals surface area contributed by atoms with Gasteiger partial charge in [-0.1, -0.05) is 23.7 Å². The van der Waals surface area contributed by atoms with Crippen LogP contribution < -0.4 is 0 Å². The van der Waals surface area contributed by atoms with Crippen LogP contribution in [0.2, 0.25) is 5.02 Å². The molecule has 3 rings (SSSR count). The molecular weight excluding hydrogens is 272 g/mol. The number of imide groups is 1. The molecule has 2 aliphatic rings. The predicted molar refractivity (Wildman–Crippen MR) is 70.4 cm³/mol. The van der Waals surface area contributed by atoms with E-state index in [1.54, 1.807) is 28.8 Å². The first-order chi connectivity index (χ1) is 8.66. The first-order valence-electron chi connectivity index (χ1n) is 5.61. The minimum absolute atomic E-state index is 0.0834. The van der Waals surface area contributed by atoms with E-state index in [4.69, 9.17) is 11.6 Å². The Bertz CT molecular complexity index is 483. The number of carbonyl (C=O) groups excluding carboxylic acids is 2. The normalized spacial score (nSPS) is 22.8. The average molecular weight is 283 g/mol. The first-order valence-corrected chi connectivity index (χ1v) is 7.14. The van der Waals surface area contributed by atoms with Crippen molar-refractivity contribution in [2.24, 2.45) is 0 Å². The standard InChI is InChI=1S/C12H11ClN2O2S/c13-9-3-1-8(2-4-9)5-14-11(16)10-6-18-7-15(10)12(14)17/h1-4,10H,5-7H2. The van der Waals surface area contributed by atoms with E-state index in [0.29, 0.717) is 23.2 Å². The van der Waals surface area contributed by atoms with Gasteiger partial charge in [0.15, 0.2) is 0 Å². The summed E-state index contributed by atoms with van der Waals surface area (Å²) in [7, 11) is 0. The van der Waals surface area contributed by atoms with Gasteiger partial charge < -0.3 is 4.90 Å². The van der Waals surface area contributed by atoms with Gasteiger partial charge in [-0.25, -0.2) is 4.79 Å². The molecule has 6 heteroatoms. The third-order valence-electron chi connectivity index (χ3n) is 3.16. The van der Waals surface area contributed by atoms with Crippen molar-refractivity contribution in [1.29, 1.82) is 0 Å². The molecule has 0 aromatic heterocycles. The van der Waals surface area contributed by atoms with E-state index in [-0.39, 0.29) is 18.0 Å². The highest BCUT2D eigenvalue weighted by molar-refractivity contribution is 7.99. The van der Waals surface area contributed by atoms with Crippen molar-refractivity contribution >= 4 is 35.3 Å². The zero-order valence-corrected chi connectivity index (χ0v) is 11.1. The highest BCUT2D eigenvalue weighted by Crippen LogP contribution is 2.30. The van der Waals surface area contributed by atoms with E-state index in [1.165, 1.54) is 4.90 Å². The molecule has 18 heavy (non-hydrogen) atoms. The molecule has 3 amide bonds. The number of thioether (sulfide) groups is 1. The maximum Gasteiger partial charge on any atom is 0.328 e. The molecule has 1 aromatic rings. The highest BCUT2D eigenvalue weighted by Gasteiger charge is 2.47. The predicted octanol–water partition coefficient (Wildman–Crippen LogP) is 2.18. The van der Waals surface area contributed by atoms with Crippen molar-refractivity contribution in [3.05, 3.63) is 34.9 Å². The molecule has 94 valence electrons. The van der Waals surface area contributed by atoms with Gasteiger partial charge in [0.05, 0.1) is 12.4 Å². The van der Waals surface area contributed by atoms with Crippen LogP contribution in [0.5, 0.6) is 0 Å². The number of hydrogen-bond donors (Lipinski definition) is 0. The zero-order valence-electron chi connectivity index (χ0n) is 9.51. The van der Waals surface area contributed by atoms with Crippen LogP contribution in [0.15, 0.2) is 24.3 Å². The van der Waals surface area contributed by atoms with E-state index < -0.39 is 0 Å². The molecule has 1 unspecified atom stereocenters. The minimum atomic E-state index is -0.255. The van der Waals surface area contributed by atoms with E-state index in [1.807, 2.05) is 12.1 Å². The number of hydrogen-bond acceptors (Lipinski definition) is 3. The molecule has 2 aliphatic heterocycles. The topological polar surface area (TPSA) is 40.6 Å². The van der Waals surface area contributed by atoms with Crippen molar-refractivity contribution in [3.8, 4) is 0 Å². The van der Waals surface area contributed by atoms with Crippen molar-refractivity contribution in [2.75, 3.05) is 11.6 Å². The van der Waals surface area contributed by atoms with Gasteiger partial charge in [-0.05, 0) is 17.7 Å². The fraction of sp³-hybridized carbons (Fsp3) is 0.333. The summed E-state index contributed by atoms with van der Waals surface area (Å²) < 4.78 is 0. The summed E-state index contributed by atoms with van der Waals surface area (Å²) in [6, 6.07) is 6.76. The van der Waals surface area contributed by atoms with Gasteiger partial charge in [0.1, 0.15) is 6.04 Å². The smallest absolute Gasteiger partial charge is 0.302 e. The van der Waals surface area contributed by atoms with E-state index in [0.717, 1.165) is 5.56 Å². The summed E-state index contributed by atoms with van der Waals surface area (Å²) in [5.74, 6) is 1.24. The Morgan fingerprint density at radius 2 is 2.00 bits per heavy atom. The van der Waals surface area contributed by atoms with Gasteiger partial charge >= 0.3 is 6.03 Å². The molecule has 2 saturated heterocycles. The van der Waals surface area contributed by atoms with Crippen LogP contribution >= 0.6 is 23.4 Å². The number of urea groups is 1. The summed E-state index contributed by atoms with van der Waals surface area (Å²) in [6.45, 7) is 0.326. The second kappa shape index (κ2) is 4.48. The van der Waals surface area contributed by atoms with Crippen molar-refractivity contribution in [3.63, 3.8) is 0 Å². The summed E-state index contributed by atoms with van der Waals surface area (Å²) in [4.78, 5) is 27.1. The molecular formula is C12H11ClN2O2S. The molecule has 0 radical (unpaired) electrons. The quantitative estimate of drug-likeness (QED) is 0.781. The Labute approximate surface area is 114 Å². The van der Waals surface area contributed by atoms with Crippen LogP contribution in [-0.2, 0) is 11.3 Å². The molecule has 4 nitrogen and oxygen atoms in total. The summed E-state index contributed by atoms with van der Waals surface area (Å²) in [6.07, 6.45) is 0. The molecule has 0 aliphatic carbocycles. The molecule has 1 atom stereocenters. The van der Waals surface area contributed by atoms with Gasteiger partial charge in [-0.15, -0.1) is 11.8 Å². The van der Waals surface area contributed by atoms with Crippen molar-refractivity contribution < 1.29 is 9.59 Å². The number of carbonyl (C=O) groups is 2. The molecule has 0 bridgehead atoms. The molecule has 2 fully saturated rings. The zero-order chi connectivity index (χ0) is 12.7. The monoisotopic (exact) mass is 282 g/mol. The Kier molecular flexibility index (Phi) is 2.95. The summed E-state index contributed by atoms with van der Waals surface area (Å²) in [5.41, 5.74) is 0.912. The fourth-order valence-corrected chi connectivity index (χ4v) is 3.45. The Hall–Kier alpha value is -1.20. The maximum absolute atomic E-state index is 12.1. The van der Waals surface area contributed by atoms with E-state index >= 15 is 0 Å². The Morgan fingerprint density at radius 3 is 2.67 bits per heavy atom. The lowest BCUT2D eigenvalue weighted by Crippen LogP contribution is -2.32. The van der Waals surface area contributed by atoms with E-state index in [9.17, 15) is 9.59 Å². The maximum atomic E-state index is 12.1. The largest absolute Gasteiger partial charge is 0.328 e. The van der Waals surface area contributed by atoms with Crippen LogP contribution in [-0.4, -0.2) is 39.4 Å². The number of halogens is 1. The third kappa shape index (κ3) is 1.87. The van der Waals surface area contributed by atoms with Crippen LogP contribution in [0.25, 0.3) is 0 Å². The Balaban J connectivity index is 1.79. The first kappa shape index (κ1) is 11.9. The van der Waals surface area contributed by atoms with Gasteiger partial charge in [-0.3, -0.25) is 9.69 Å². The number of amides is 3. The minimum Gasteiger partial charge on any atom is -0.302 e. The lowest BCUT2D eigenvalue weighted by Gasteiger charge is -2.15. The molecule has 2 heterocycles. The van der Waals surface area contributed by atoms with Crippen LogP contribution in [0.4, 0.5) is 4.79 Å². The summed E-state index contributed by atoms with van der Waals surface area (Å²) in [5, 5.41) is 0.648. The summed E-state index contributed by atoms with van der Waals surface area (Å²) >= 11 is 7.43. The fourth-order valence-electron chi connectivity index (χ4n) is 2.18. The van der Waals surface area contributed by atoms with Crippen LogP contribution in [0.1, 0.15) is 5.56 Å². The van der Waals surface area contributed by atoms with Gasteiger partial charge in [0.25, 0.3) is 5.91 Å². The highest BCUT2D eigenvalue weighted by atomic mass is 35.5. The average Bonchev–Trinajstić information content (AvgIpc) is 2.92. The van der Waals surface area contributed by atoms with E-state index in [2.05, 4.69) is 0 Å². The molecule has 0 saturated carbocycles. The van der Waals surface area contributed by atoms with Gasteiger partial charge in [0.2, 0.25) is 0 Å². The van der Waals surface area contributed by atoms with Crippen molar-refractivity contribution in [2.45, 2.75) is 12.6 Å². The Morgan fingerprint density at radius 1 is 1.28 bits per heavy atom. The SMILES string of the molecule is O=C1C2CSCN2C(=O)N1Cc1ccc(Cl)cc1. The van der Waals surface area contributed by atoms with Gasteiger partial charge in [-0.2, -0.15) is 0 Å². The lowest BCUT2D eigenvalue weighted by atomic mass is 10.2. The second-order valence-corrected chi connectivity index (χ2v) is 5.76. The molecule has 0 spiro atoms. The van der Waals surface area contributed by atoms with Gasteiger partial charge in [0, 0.05) is 10.8 Å². The third-order valence-corrected chi connectivity index (χ3v) is 4.43. The molecule has 0 N–H and O–H groups in total. The second-order valence-electron chi connectivity index (χ2n) is 4.32. The number of fused-ring (bicyclic) bond motifs is 1.